The van der Waals surface area contributed by atoms with Crippen LogP contribution >= 0.6 is 11.6 Å². The summed E-state index contributed by atoms with van der Waals surface area (Å²) in [5, 5.41) is 3.17. The average molecular weight is 329 g/mol. The number of carbonyl (C=O) groups is 1. The van der Waals surface area contributed by atoms with E-state index in [4.69, 9.17) is 16.3 Å². The summed E-state index contributed by atoms with van der Waals surface area (Å²) < 4.78 is 18.7. The molecule has 2 rings (SSSR count). The van der Waals surface area contributed by atoms with Crippen molar-refractivity contribution >= 4 is 17.5 Å². The van der Waals surface area contributed by atoms with Gasteiger partial charge in [-0.25, -0.2) is 4.39 Å². The van der Waals surface area contributed by atoms with Crippen LogP contribution in [0.15, 0.2) is 18.2 Å². The van der Waals surface area contributed by atoms with Crippen LogP contribution in [-0.2, 0) is 4.74 Å². The number of amides is 1. The first kappa shape index (κ1) is 17.2. The van der Waals surface area contributed by atoms with Gasteiger partial charge in [0, 0.05) is 25.2 Å². The van der Waals surface area contributed by atoms with Crippen molar-refractivity contribution in [3.8, 4) is 0 Å². The van der Waals surface area contributed by atoms with Crippen LogP contribution in [0.4, 0.5) is 4.39 Å². The van der Waals surface area contributed by atoms with Gasteiger partial charge in [0.1, 0.15) is 5.82 Å². The summed E-state index contributed by atoms with van der Waals surface area (Å²) in [6.45, 7) is 4.28. The van der Waals surface area contributed by atoms with Crippen molar-refractivity contribution in [2.24, 2.45) is 5.92 Å². The maximum atomic E-state index is 13.6. The Labute approximate surface area is 135 Å². The lowest BCUT2D eigenvalue weighted by Gasteiger charge is -2.31. The topological polar surface area (TPSA) is 41.6 Å². The number of benzene rings is 1. The Balaban J connectivity index is 1.77. The molecule has 122 valence electrons. The highest BCUT2D eigenvalue weighted by molar-refractivity contribution is 6.30. The lowest BCUT2D eigenvalue weighted by molar-refractivity contribution is 0.0922. The smallest absolute Gasteiger partial charge is 0.254 e. The Hall–Kier alpha value is -1.17. The summed E-state index contributed by atoms with van der Waals surface area (Å²) in [4.78, 5) is 14.4. The molecule has 1 fully saturated rings. The molecule has 0 spiro atoms. The third kappa shape index (κ3) is 4.93. The molecular formula is C16H22ClFN2O2. The first-order chi connectivity index (χ1) is 10.6. The zero-order chi connectivity index (χ0) is 15.9. The molecule has 1 aromatic carbocycles. The Morgan fingerprint density at radius 3 is 2.86 bits per heavy atom. The van der Waals surface area contributed by atoms with Crippen LogP contribution in [0.25, 0.3) is 0 Å². The number of piperidine rings is 1. The van der Waals surface area contributed by atoms with Crippen LogP contribution in [0, 0.1) is 11.7 Å². The Kier molecular flexibility index (Phi) is 6.61. The second-order valence-electron chi connectivity index (χ2n) is 5.61. The van der Waals surface area contributed by atoms with Gasteiger partial charge < -0.3 is 15.0 Å². The molecule has 6 heteroatoms. The molecule has 1 amide bonds. The minimum atomic E-state index is -0.545. The molecule has 4 nitrogen and oxygen atoms in total. The number of nitrogens with zero attached hydrogens (tertiary/aromatic N) is 1. The molecule has 1 N–H and O–H groups in total. The molecule has 0 unspecified atom stereocenters. The van der Waals surface area contributed by atoms with Gasteiger partial charge in [0.15, 0.2) is 0 Å². The Morgan fingerprint density at radius 1 is 1.45 bits per heavy atom. The van der Waals surface area contributed by atoms with E-state index >= 15 is 0 Å². The van der Waals surface area contributed by atoms with Gasteiger partial charge in [-0.05, 0) is 50.0 Å². The molecule has 1 saturated heterocycles. The van der Waals surface area contributed by atoms with Gasteiger partial charge in [0.2, 0.25) is 0 Å². The van der Waals surface area contributed by atoms with Gasteiger partial charge >= 0.3 is 0 Å². The largest absolute Gasteiger partial charge is 0.383 e. The molecule has 0 aromatic heterocycles. The van der Waals surface area contributed by atoms with Gasteiger partial charge in [0.05, 0.1) is 12.2 Å². The fourth-order valence-corrected chi connectivity index (χ4v) is 2.81. The molecule has 0 atom stereocenters. The van der Waals surface area contributed by atoms with Gasteiger partial charge in [0.25, 0.3) is 5.91 Å². The fourth-order valence-electron chi connectivity index (χ4n) is 2.64. The van der Waals surface area contributed by atoms with E-state index in [0.717, 1.165) is 39.1 Å². The maximum Gasteiger partial charge on any atom is 0.254 e. The lowest BCUT2D eigenvalue weighted by Crippen LogP contribution is -2.40. The van der Waals surface area contributed by atoms with Crippen molar-refractivity contribution < 1.29 is 13.9 Å². The van der Waals surface area contributed by atoms with Crippen LogP contribution in [0.2, 0.25) is 5.02 Å². The molecule has 1 aliphatic rings. The number of ether oxygens (including phenoxy) is 1. The van der Waals surface area contributed by atoms with E-state index in [-0.39, 0.29) is 5.56 Å². The molecular weight excluding hydrogens is 307 g/mol. The summed E-state index contributed by atoms with van der Waals surface area (Å²) >= 11 is 5.81. The number of likely N-dealkylation sites (tertiary alicyclic amines) is 1. The second-order valence-corrected chi connectivity index (χ2v) is 6.05. The van der Waals surface area contributed by atoms with E-state index in [9.17, 15) is 9.18 Å². The minimum Gasteiger partial charge on any atom is -0.383 e. The van der Waals surface area contributed by atoms with Gasteiger partial charge in [-0.3, -0.25) is 4.79 Å². The fraction of sp³-hybridized carbons (Fsp3) is 0.562. The first-order valence-electron chi connectivity index (χ1n) is 7.54. The summed E-state index contributed by atoms with van der Waals surface area (Å²) in [6, 6.07) is 4.01. The standard InChI is InChI=1S/C16H22ClFN2O2/c1-22-9-8-20-6-4-12(5-7-20)11-19-16(21)14-10-13(17)2-3-15(14)18/h2-3,10,12H,4-9,11H2,1H3,(H,19,21). The van der Waals surface area contributed by atoms with Crippen molar-refractivity contribution in [2.45, 2.75) is 12.8 Å². The van der Waals surface area contributed by atoms with Crippen molar-refractivity contribution in [3.05, 3.63) is 34.6 Å². The highest BCUT2D eigenvalue weighted by atomic mass is 35.5. The number of rotatable bonds is 6. The lowest BCUT2D eigenvalue weighted by atomic mass is 9.96. The Bertz CT molecular complexity index is 505. The zero-order valence-electron chi connectivity index (χ0n) is 12.8. The van der Waals surface area contributed by atoms with Crippen LogP contribution in [0.3, 0.4) is 0 Å². The summed E-state index contributed by atoms with van der Waals surface area (Å²) in [5.41, 5.74) is 0.00466. The van der Waals surface area contributed by atoms with Crippen LogP contribution in [0.5, 0.6) is 0 Å². The van der Waals surface area contributed by atoms with E-state index < -0.39 is 11.7 Å². The Morgan fingerprint density at radius 2 is 2.18 bits per heavy atom. The maximum absolute atomic E-state index is 13.6. The average Bonchev–Trinajstić information content (AvgIpc) is 2.54. The summed E-state index contributed by atoms with van der Waals surface area (Å²) in [6.07, 6.45) is 2.06. The van der Waals surface area contributed by atoms with E-state index in [1.807, 2.05) is 0 Å². The SMILES string of the molecule is COCCN1CCC(CNC(=O)c2cc(Cl)ccc2F)CC1. The monoisotopic (exact) mass is 328 g/mol. The normalized spacial score (nSPS) is 16.7. The van der Waals surface area contributed by atoms with Crippen LogP contribution in [0.1, 0.15) is 23.2 Å². The van der Waals surface area contributed by atoms with Crippen molar-refractivity contribution in [2.75, 3.05) is 39.9 Å². The van der Waals surface area contributed by atoms with Gasteiger partial charge in [-0.2, -0.15) is 0 Å². The molecule has 22 heavy (non-hydrogen) atoms. The highest BCUT2D eigenvalue weighted by Crippen LogP contribution is 2.17. The predicted molar refractivity (Wildman–Crippen MR) is 84.8 cm³/mol. The second kappa shape index (κ2) is 8.46. The molecule has 1 heterocycles. The van der Waals surface area contributed by atoms with Gasteiger partial charge in [-0.15, -0.1) is 0 Å². The molecule has 0 bridgehead atoms. The van der Waals surface area contributed by atoms with E-state index in [2.05, 4.69) is 10.2 Å². The van der Waals surface area contributed by atoms with Crippen LogP contribution in [-0.4, -0.2) is 50.7 Å². The molecule has 0 aliphatic carbocycles. The summed E-state index contributed by atoms with van der Waals surface area (Å²) in [5.74, 6) is -0.511. The number of hydrogen-bond acceptors (Lipinski definition) is 3. The zero-order valence-corrected chi connectivity index (χ0v) is 13.5. The van der Waals surface area contributed by atoms with Gasteiger partial charge in [-0.1, -0.05) is 11.6 Å². The number of nitrogens with one attached hydrogen (secondary N) is 1. The predicted octanol–water partition coefficient (Wildman–Crippen LogP) is 2.57. The molecule has 0 saturated carbocycles. The molecule has 0 radical (unpaired) electrons. The van der Waals surface area contributed by atoms with Crippen molar-refractivity contribution in [1.29, 1.82) is 0 Å². The van der Waals surface area contributed by atoms with E-state index in [0.29, 0.717) is 17.5 Å². The minimum absolute atomic E-state index is 0.00466. The van der Waals surface area contributed by atoms with Crippen molar-refractivity contribution in [3.63, 3.8) is 0 Å². The third-order valence-corrected chi connectivity index (χ3v) is 4.28. The van der Waals surface area contributed by atoms with Crippen molar-refractivity contribution in [1.82, 2.24) is 10.2 Å². The number of hydrogen-bond donors (Lipinski definition) is 1. The first-order valence-corrected chi connectivity index (χ1v) is 7.92. The van der Waals surface area contributed by atoms with E-state index in [1.165, 1.54) is 18.2 Å². The molecule has 1 aliphatic heterocycles. The van der Waals surface area contributed by atoms with Crippen LogP contribution < -0.4 is 5.32 Å². The third-order valence-electron chi connectivity index (χ3n) is 4.04. The number of methoxy groups -OCH3 is 1. The highest BCUT2D eigenvalue weighted by Gasteiger charge is 2.20. The summed E-state index contributed by atoms with van der Waals surface area (Å²) in [7, 11) is 1.71. The number of carbonyl (C=O) groups excluding carboxylic acids is 1. The number of halogens is 2. The molecule has 1 aromatic rings. The quantitative estimate of drug-likeness (QED) is 0.872. The van der Waals surface area contributed by atoms with E-state index in [1.54, 1.807) is 7.11 Å².